The number of hydroxylamine groups is 1. The summed E-state index contributed by atoms with van der Waals surface area (Å²) in [5, 5.41) is 11.9. The van der Waals surface area contributed by atoms with Gasteiger partial charge in [0.05, 0.1) is 5.71 Å². The lowest BCUT2D eigenvalue weighted by molar-refractivity contribution is 0.162. The zero-order chi connectivity index (χ0) is 10.4. The van der Waals surface area contributed by atoms with Crippen LogP contribution < -0.4 is 10.9 Å². The van der Waals surface area contributed by atoms with Crippen molar-refractivity contribution in [2.45, 2.75) is 6.92 Å². The molecule has 14 heavy (non-hydrogen) atoms. The van der Waals surface area contributed by atoms with Crippen LogP contribution in [0.2, 0.25) is 0 Å². The van der Waals surface area contributed by atoms with E-state index in [1.54, 1.807) is 6.92 Å². The van der Waals surface area contributed by atoms with Gasteiger partial charge in [0.1, 0.15) is 0 Å². The average molecular weight is 193 g/mol. The molecule has 0 fully saturated rings. The highest BCUT2D eigenvalue weighted by Crippen LogP contribution is 1.99. The first-order valence-electron chi connectivity index (χ1n) is 4.04. The summed E-state index contributed by atoms with van der Waals surface area (Å²) < 4.78 is 0. The molecular formula is C9H11N3O2. The number of carbonyl (C=O) groups excluding carboxylic acids is 1. The van der Waals surface area contributed by atoms with Gasteiger partial charge in [0, 0.05) is 0 Å². The van der Waals surface area contributed by atoms with E-state index in [1.807, 2.05) is 30.3 Å². The summed E-state index contributed by atoms with van der Waals surface area (Å²) in [6, 6.07) is 8.63. The summed E-state index contributed by atoms with van der Waals surface area (Å²) >= 11 is 0. The molecule has 0 aromatic heterocycles. The monoisotopic (exact) mass is 193 g/mol. The van der Waals surface area contributed by atoms with Crippen molar-refractivity contribution in [3.63, 3.8) is 0 Å². The zero-order valence-corrected chi connectivity index (χ0v) is 7.69. The van der Waals surface area contributed by atoms with E-state index in [9.17, 15) is 4.79 Å². The van der Waals surface area contributed by atoms with Crippen LogP contribution in [-0.4, -0.2) is 17.0 Å². The molecule has 0 saturated heterocycles. The Labute approximate surface area is 81.4 Å². The van der Waals surface area contributed by atoms with Gasteiger partial charge in [-0.1, -0.05) is 30.3 Å². The fourth-order valence-electron chi connectivity index (χ4n) is 0.904. The van der Waals surface area contributed by atoms with Crippen LogP contribution in [0.3, 0.4) is 0 Å². The van der Waals surface area contributed by atoms with Gasteiger partial charge in [0.25, 0.3) is 0 Å². The first-order valence-corrected chi connectivity index (χ1v) is 4.04. The predicted molar refractivity (Wildman–Crippen MR) is 52.1 cm³/mol. The van der Waals surface area contributed by atoms with Gasteiger partial charge < -0.3 is 0 Å². The summed E-state index contributed by atoms with van der Waals surface area (Å²) in [6.07, 6.45) is 0. The molecule has 0 heterocycles. The second-order valence-electron chi connectivity index (χ2n) is 2.62. The van der Waals surface area contributed by atoms with Gasteiger partial charge in [-0.05, 0) is 12.5 Å². The molecule has 0 aliphatic rings. The topological polar surface area (TPSA) is 73.7 Å². The number of carbonyl (C=O) groups is 1. The summed E-state index contributed by atoms with van der Waals surface area (Å²) in [4.78, 5) is 10.6. The fraction of sp³-hybridized carbons (Fsp3) is 0.111. The third kappa shape index (κ3) is 2.87. The van der Waals surface area contributed by atoms with Crippen LogP contribution in [0, 0.1) is 0 Å². The van der Waals surface area contributed by atoms with Gasteiger partial charge >= 0.3 is 6.03 Å². The molecule has 5 nitrogen and oxygen atoms in total. The van der Waals surface area contributed by atoms with Gasteiger partial charge in [0.2, 0.25) is 0 Å². The lowest BCUT2D eigenvalue weighted by Gasteiger charge is -2.00. The second-order valence-corrected chi connectivity index (χ2v) is 2.62. The molecule has 0 saturated carbocycles. The van der Waals surface area contributed by atoms with Gasteiger partial charge in [0.15, 0.2) is 0 Å². The van der Waals surface area contributed by atoms with Crippen molar-refractivity contribution in [1.29, 1.82) is 0 Å². The number of hydrazone groups is 1. The lowest BCUT2D eigenvalue weighted by Crippen LogP contribution is -2.30. The normalized spacial score (nSPS) is 10.9. The van der Waals surface area contributed by atoms with E-state index < -0.39 is 6.03 Å². The molecule has 0 aliphatic carbocycles. The van der Waals surface area contributed by atoms with Crippen molar-refractivity contribution in [2.24, 2.45) is 5.10 Å². The van der Waals surface area contributed by atoms with Crippen molar-refractivity contribution in [3.05, 3.63) is 35.9 Å². The third-order valence-electron chi connectivity index (χ3n) is 1.62. The first-order chi connectivity index (χ1) is 6.74. The lowest BCUT2D eigenvalue weighted by atomic mass is 10.1. The number of amides is 2. The quantitative estimate of drug-likeness (QED) is 0.374. The Morgan fingerprint density at radius 3 is 2.57 bits per heavy atom. The maximum atomic E-state index is 10.6. The minimum absolute atomic E-state index is 0.661. The number of benzene rings is 1. The molecule has 1 aromatic carbocycles. The highest BCUT2D eigenvalue weighted by atomic mass is 16.5. The first kappa shape index (κ1) is 10.2. The molecule has 0 radical (unpaired) electrons. The molecular weight excluding hydrogens is 182 g/mol. The predicted octanol–water partition coefficient (Wildman–Crippen LogP) is 1.10. The van der Waals surface area contributed by atoms with E-state index in [-0.39, 0.29) is 0 Å². The molecule has 1 rings (SSSR count). The minimum atomic E-state index is -0.764. The summed E-state index contributed by atoms with van der Waals surface area (Å²) in [5.41, 5.74) is 5.10. The Morgan fingerprint density at radius 1 is 1.36 bits per heavy atom. The van der Waals surface area contributed by atoms with E-state index in [4.69, 9.17) is 5.21 Å². The van der Waals surface area contributed by atoms with Crippen LogP contribution in [0.15, 0.2) is 35.4 Å². The van der Waals surface area contributed by atoms with Crippen LogP contribution in [0.1, 0.15) is 12.5 Å². The fourth-order valence-corrected chi connectivity index (χ4v) is 0.904. The standard InChI is InChI=1S/C9H11N3O2/c1-7(10-11-9(13)12-14)8-5-3-2-4-6-8/h2-6,14H,1H3,(H2,11,12,13)/b10-7+. The van der Waals surface area contributed by atoms with Crippen LogP contribution >= 0.6 is 0 Å². The largest absolute Gasteiger partial charge is 0.358 e. The van der Waals surface area contributed by atoms with Crippen LogP contribution in [0.25, 0.3) is 0 Å². The molecule has 0 atom stereocenters. The molecule has 1 aromatic rings. The number of rotatable bonds is 2. The van der Waals surface area contributed by atoms with Gasteiger partial charge in [-0.15, -0.1) is 0 Å². The highest BCUT2D eigenvalue weighted by Gasteiger charge is 1.97. The zero-order valence-electron chi connectivity index (χ0n) is 7.69. The molecule has 74 valence electrons. The molecule has 0 bridgehead atoms. The number of nitrogens with one attached hydrogen (secondary N) is 2. The van der Waals surface area contributed by atoms with Gasteiger partial charge in [-0.2, -0.15) is 5.10 Å². The number of hydrogen-bond donors (Lipinski definition) is 3. The summed E-state index contributed by atoms with van der Waals surface area (Å²) in [6.45, 7) is 1.76. The maximum absolute atomic E-state index is 10.6. The summed E-state index contributed by atoms with van der Waals surface area (Å²) in [5.74, 6) is 0. The Morgan fingerprint density at radius 2 is 2.00 bits per heavy atom. The second kappa shape index (κ2) is 4.98. The minimum Gasteiger partial charge on any atom is -0.287 e. The average Bonchev–Trinajstić information content (AvgIpc) is 2.26. The molecule has 0 spiro atoms. The van der Waals surface area contributed by atoms with Crippen molar-refractivity contribution >= 4 is 11.7 Å². The number of urea groups is 1. The molecule has 3 N–H and O–H groups in total. The Bertz CT molecular complexity index is 335. The summed E-state index contributed by atoms with van der Waals surface area (Å²) in [7, 11) is 0. The van der Waals surface area contributed by atoms with E-state index >= 15 is 0 Å². The van der Waals surface area contributed by atoms with E-state index in [0.29, 0.717) is 5.71 Å². The Hall–Kier alpha value is -1.88. The van der Waals surface area contributed by atoms with Crippen molar-refractivity contribution in [3.8, 4) is 0 Å². The number of hydrogen-bond acceptors (Lipinski definition) is 3. The van der Waals surface area contributed by atoms with E-state index in [1.165, 1.54) is 5.48 Å². The Balaban J connectivity index is 2.66. The SMILES string of the molecule is C/C(=N\NC(=O)NO)c1ccccc1. The van der Waals surface area contributed by atoms with Crippen molar-refractivity contribution < 1.29 is 10.0 Å². The molecule has 0 unspecified atom stereocenters. The van der Waals surface area contributed by atoms with E-state index in [2.05, 4.69) is 10.5 Å². The van der Waals surface area contributed by atoms with Gasteiger partial charge in [-0.25, -0.2) is 15.7 Å². The molecule has 0 aliphatic heterocycles. The van der Waals surface area contributed by atoms with Crippen LogP contribution in [-0.2, 0) is 0 Å². The highest BCUT2D eigenvalue weighted by molar-refractivity contribution is 5.99. The molecule has 2 amide bonds. The number of nitrogens with zero attached hydrogens (tertiary/aromatic N) is 1. The van der Waals surface area contributed by atoms with Crippen molar-refractivity contribution in [2.75, 3.05) is 0 Å². The van der Waals surface area contributed by atoms with Crippen molar-refractivity contribution in [1.82, 2.24) is 10.9 Å². The Kier molecular flexibility index (Phi) is 3.63. The third-order valence-corrected chi connectivity index (χ3v) is 1.62. The van der Waals surface area contributed by atoms with Gasteiger partial charge in [-0.3, -0.25) is 5.21 Å². The van der Waals surface area contributed by atoms with E-state index in [0.717, 1.165) is 5.56 Å². The smallest absolute Gasteiger partial charge is 0.287 e. The molecule has 5 heteroatoms. The van der Waals surface area contributed by atoms with Crippen LogP contribution in [0.4, 0.5) is 4.79 Å². The maximum Gasteiger partial charge on any atom is 0.358 e. The van der Waals surface area contributed by atoms with Crippen LogP contribution in [0.5, 0.6) is 0 Å².